The number of hydrogen-bond acceptors (Lipinski definition) is 7. The summed E-state index contributed by atoms with van der Waals surface area (Å²) < 4.78 is 14.0. The number of fused-ring (bicyclic) bond motifs is 1. The van der Waals surface area contributed by atoms with Gasteiger partial charge in [0, 0.05) is 37.9 Å². The molecule has 4 heterocycles. The van der Waals surface area contributed by atoms with Crippen LogP contribution in [0.3, 0.4) is 0 Å². The van der Waals surface area contributed by atoms with Gasteiger partial charge in [0.2, 0.25) is 0 Å². The Hall–Kier alpha value is -2.91. The zero-order valence-electron chi connectivity index (χ0n) is 15.3. The van der Waals surface area contributed by atoms with E-state index in [1.54, 1.807) is 41.9 Å². The van der Waals surface area contributed by atoms with Crippen LogP contribution in [0.15, 0.2) is 48.8 Å². The Morgan fingerprint density at radius 3 is 2.62 bits per heavy atom. The summed E-state index contributed by atoms with van der Waals surface area (Å²) in [5.41, 5.74) is 1.32. The zero-order chi connectivity index (χ0) is 19.8. The molecule has 1 aliphatic heterocycles. The molecule has 1 aliphatic rings. The highest BCUT2D eigenvalue weighted by molar-refractivity contribution is 7.21. The maximum absolute atomic E-state index is 14.0. The predicted octanol–water partition coefficient (Wildman–Crippen LogP) is 3.92. The van der Waals surface area contributed by atoms with Gasteiger partial charge in [0.1, 0.15) is 26.0 Å². The number of pyridine rings is 1. The fourth-order valence-electron chi connectivity index (χ4n) is 3.28. The molecule has 0 aliphatic carbocycles. The van der Waals surface area contributed by atoms with Gasteiger partial charge >= 0.3 is 0 Å². The average molecular weight is 426 g/mol. The maximum Gasteiger partial charge on any atom is 0.265 e. The third kappa shape index (κ3) is 3.47. The summed E-state index contributed by atoms with van der Waals surface area (Å²) in [5.74, 6) is -0.393. The first-order valence-corrected chi connectivity index (χ1v) is 10.8. The molecule has 9 heteroatoms. The van der Waals surface area contributed by atoms with E-state index in [4.69, 9.17) is 0 Å². The third-order valence-electron chi connectivity index (χ3n) is 4.81. The quantitative estimate of drug-likeness (QED) is 0.498. The van der Waals surface area contributed by atoms with E-state index >= 15 is 0 Å². The van der Waals surface area contributed by atoms with Crippen LogP contribution in [-0.2, 0) is 0 Å². The van der Waals surface area contributed by atoms with Gasteiger partial charge in [0.25, 0.3) is 5.91 Å². The van der Waals surface area contributed by atoms with Crippen molar-refractivity contribution >= 4 is 44.1 Å². The van der Waals surface area contributed by atoms with Gasteiger partial charge in [0.15, 0.2) is 5.13 Å². The van der Waals surface area contributed by atoms with Gasteiger partial charge in [-0.15, -0.1) is 11.3 Å². The summed E-state index contributed by atoms with van der Waals surface area (Å²) in [7, 11) is 0. The van der Waals surface area contributed by atoms with Crippen LogP contribution in [0.1, 0.15) is 9.67 Å². The number of carbonyl (C=O) groups is 1. The van der Waals surface area contributed by atoms with Gasteiger partial charge in [-0.2, -0.15) is 0 Å². The second-order valence-corrected chi connectivity index (χ2v) is 8.60. The lowest BCUT2D eigenvalue weighted by molar-refractivity contribution is 0.0751. The van der Waals surface area contributed by atoms with Crippen molar-refractivity contribution in [3.8, 4) is 10.6 Å². The number of aromatic nitrogens is 3. The Labute approximate surface area is 174 Å². The number of carbonyl (C=O) groups excluding carboxylic acids is 1. The molecule has 146 valence electrons. The normalized spacial score (nSPS) is 14.5. The van der Waals surface area contributed by atoms with E-state index in [9.17, 15) is 9.18 Å². The molecular formula is C20H16FN5OS2. The number of hydrogen-bond donors (Lipinski definition) is 0. The van der Waals surface area contributed by atoms with Crippen molar-refractivity contribution in [1.29, 1.82) is 0 Å². The average Bonchev–Trinajstić information content (AvgIpc) is 3.41. The molecule has 0 unspecified atom stereocenters. The second-order valence-electron chi connectivity index (χ2n) is 6.61. The van der Waals surface area contributed by atoms with E-state index in [1.807, 2.05) is 17.0 Å². The predicted molar refractivity (Wildman–Crippen MR) is 113 cm³/mol. The fraction of sp³-hybridized carbons (Fsp3) is 0.200. The van der Waals surface area contributed by atoms with Crippen molar-refractivity contribution in [2.45, 2.75) is 0 Å². The number of nitrogens with zero attached hydrogens (tertiary/aromatic N) is 5. The Morgan fingerprint density at radius 2 is 1.83 bits per heavy atom. The van der Waals surface area contributed by atoms with Crippen LogP contribution in [0, 0.1) is 5.82 Å². The summed E-state index contributed by atoms with van der Waals surface area (Å²) in [6, 6.07) is 10.3. The van der Waals surface area contributed by atoms with Gasteiger partial charge < -0.3 is 9.80 Å². The highest BCUT2D eigenvalue weighted by atomic mass is 32.1. The van der Waals surface area contributed by atoms with Crippen LogP contribution in [-0.4, -0.2) is 51.9 Å². The van der Waals surface area contributed by atoms with E-state index in [-0.39, 0.29) is 11.7 Å². The van der Waals surface area contributed by atoms with Crippen molar-refractivity contribution in [2.75, 3.05) is 31.1 Å². The maximum atomic E-state index is 14.0. The first kappa shape index (κ1) is 18.1. The first-order valence-electron chi connectivity index (χ1n) is 9.15. The summed E-state index contributed by atoms with van der Waals surface area (Å²) in [6.45, 7) is 2.64. The Kier molecular flexibility index (Phi) is 4.69. The van der Waals surface area contributed by atoms with Crippen molar-refractivity contribution in [2.24, 2.45) is 0 Å². The molecule has 0 bridgehead atoms. The van der Waals surface area contributed by atoms with Crippen LogP contribution in [0.25, 0.3) is 20.9 Å². The summed E-state index contributed by atoms with van der Waals surface area (Å²) in [5, 5.41) is 1.46. The van der Waals surface area contributed by atoms with Crippen LogP contribution < -0.4 is 4.90 Å². The SMILES string of the molecule is O=C(c1cnc(-c2ccccc2F)s1)N1CCN(c2nc3cccnc3s2)CC1. The molecule has 6 nitrogen and oxygen atoms in total. The summed E-state index contributed by atoms with van der Waals surface area (Å²) in [6.07, 6.45) is 3.31. The minimum atomic E-state index is -0.334. The molecule has 1 aromatic carbocycles. The molecule has 4 aromatic rings. The van der Waals surface area contributed by atoms with E-state index in [0.29, 0.717) is 41.6 Å². The lowest BCUT2D eigenvalue weighted by Crippen LogP contribution is -2.48. The second kappa shape index (κ2) is 7.49. The number of rotatable bonds is 3. The molecule has 29 heavy (non-hydrogen) atoms. The number of amides is 1. The largest absolute Gasteiger partial charge is 0.344 e. The Morgan fingerprint density at radius 1 is 1.00 bits per heavy atom. The molecule has 1 saturated heterocycles. The van der Waals surface area contributed by atoms with Gasteiger partial charge in [-0.3, -0.25) is 4.79 Å². The topological polar surface area (TPSA) is 62.2 Å². The van der Waals surface area contributed by atoms with Crippen molar-refractivity contribution in [3.63, 3.8) is 0 Å². The zero-order valence-corrected chi connectivity index (χ0v) is 16.9. The Balaban J connectivity index is 1.27. The number of thiazole rings is 2. The smallest absolute Gasteiger partial charge is 0.265 e. The minimum Gasteiger partial charge on any atom is -0.344 e. The minimum absolute atomic E-state index is 0.0595. The molecule has 1 fully saturated rings. The van der Waals surface area contributed by atoms with Crippen LogP contribution in [0.5, 0.6) is 0 Å². The van der Waals surface area contributed by atoms with Crippen LogP contribution >= 0.6 is 22.7 Å². The van der Waals surface area contributed by atoms with E-state index in [1.165, 1.54) is 17.4 Å². The lowest BCUT2D eigenvalue weighted by Gasteiger charge is -2.34. The van der Waals surface area contributed by atoms with Gasteiger partial charge in [-0.1, -0.05) is 23.5 Å². The number of anilines is 1. The van der Waals surface area contributed by atoms with Crippen molar-refractivity contribution in [3.05, 3.63) is 59.5 Å². The highest BCUT2D eigenvalue weighted by Gasteiger charge is 2.25. The Bertz CT molecular complexity index is 1150. The van der Waals surface area contributed by atoms with E-state index in [2.05, 4.69) is 19.9 Å². The number of halogens is 1. The summed E-state index contributed by atoms with van der Waals surface area (Å²) >= 11 is 2.80. The number of piperazine rings is 1. The van der Waals surface area contributed by atoms with Crippen molar-refractivity contribution in [1.82, 2.24) is 19.9 Å². The molecular weight excluding hydrogens is 409 g/mol. The molecule has 3 aromatic heterocycles. The molecule has 1 amide bonds. The number of benzene rings is 1. The monoisotopic (exact) mass is 425 g/mol. The molecule has 0 saturated carbocycles. The molecule has 0 radical (unpaired) electrons. The van der Waals surface area contributed by atoms with Crippen LogP contribution in [0.4, 0.5) is 9.52 Å². The third-order valence-corrected chi connectivity index (χ3v) is 6.87. The lowest BCUT2D eigenvalue weighted by atomic mass is 10.2. The summed E-state index contributed by atoms with van der Waals surface area (Å²) in [4.78, 5) is 31.6. The standard InChI is InChI=1S/C20H16FN5OS2/c21-14-5-2-1-4-13(14)17-23-12-16(28-17)19(27)25-8-10-26(11-9-25)20-24-15-6-3-7-22-18(15)29-20/h1-7,12H,8-11H2. The molecule has 5 rings (SSSR count). The fourth-order valence-corrected chi connectivity index (χ4v) is 5.15. The first-order chi connectivity index (χ1) is 14.2. The van der Waals surface area contributed by atoms with Gasteiger partial charge in [-0.25, -0.2) is 19.3 Å². The molecule has 0 spiro atoms. The molecule has 0 atom stereocenters. The van der Waals surface area contributed by atoms with Gasteiger partial charge in [0.05, 0.1) is 6.20 Å². The highest BCUT2D eigenvalue weighted by Crippen LogP contribution is 2.30. The van der Waals surface area contributed by atoms with Crippen molar-refractivity contribution < 1.29 is 9.18 Å². The van der Waals surface area contributed by atoms with E-state index in [0.717, 1.165) is 15.5 Å². The van der Waals surface area contributed by atoms with Crippen LogP contribution in [0.2, 0.25) is 0 Å². The van der Waals surface area contributed by atoms with Gasteiger partial charge in [-0.05, 0) is 24.3 Å². The van der Waals surface area contributed by atoms with E-state index < -0.39 is 0 Å². The molecule has 0 N–H and O–H groups in total.